The van der Waals surface area contributed by atoms with Crippen LogP contribution in [0.15, 0.2) is 199 Å². The second-order valence-corrected chi connectivity index (χ2v) is 15.8. The zero-order valence-electron chi connectivity index (χ0n) is 31.0. The minimum atomic E-state index is -0.488. The molecule has 2 nitrogen and oxygen atoms in total. The van der Waals surface area contributed by atoms with Gasteiger partial charge in [0.25, 0.3) is 0 Å². The number of para-hydroxylation sites is 1. The molecular formula is C55H34N2. The van der Waals surface area contributed by atoms with Crippen LogP contribution in [0.5, 0.6) is 0 Å². The zero-order chi connectivity index (χ0) is 37.2. The number of nitrogens with zero attached hydrogens (tertiary/aromatic N) is 1. The molecule has 57 heavy (non-hydrogen) atoms. The fourth-order valence-electron chi connectivity index (χ4n) is 10.7. The van der Waals surface area contributed by atoms with Crippen molar-refractivity contribution in [2.24, 2.45) is 4.99 Å². The highest BCUT2D eigenvalue weighted by Gasteiger charge is 2.52. The summed E-state index contributed by atoms with van der Waals surface area (Å²) in [6, 6.07) is 71.9. The quantitative estimate of drug-likeness (QED) is 0.193. The monoisotopic (exact) mass is 722 g/mol. The third kappa shape index (κ3) is 4.06. The summed E-state index contributed by atoms with van der Waals surface area (Å²) in [5, 5.41) is 8.77. The molecule has 1 heterocycles. The van der Waals surface area contributed by atoms with E-state index in [1.54, 1.807) is 0 Å². The summed E-state index contributed by atoms with van der Waals surface area (Å²) in [6.45, 7) is 0. The third-order valence-corrected chi connectivity index (χ3v) is 13.1. The number of rotatable bonds is 3. The number of hydrogen-bond acceptors (Lipinski definition) is 2. The van der Waals surface area contributed by atoms with Crippen LogP contribution in [-0.4, -0.2) is 0 Å². The van der Waals surface area contributed by atoms with Crippen LogP contribution >= 0.6 is 0 Å². The predicted molar refractivity (Wildman–Crippen MR) is 232 cm³/mol. The predicted octanol–water partition coefficient (Wildman–Crippen LogP) is 11.6. The van der Waals surface area contributed by atoms with Crippen molar-refractivity contribution in [2.45, 2.75) is 11.6 Å². The van der Waals surface area contributed by atoms with Crippen LogP contribution in [0.2, 0.25) is 0 Å². The van der Waals surface area contributed by atoms with Crippen molar-refractivity contribution in [3.05, 3.63) is 238 Å². The van der Waals surface area contributed by atoms with E-state index < -0.39 is 5.41 Å². The topological polar surface area (TPSA) is 24.4 Å². The van der Waals surface area contributed by atoms with E-state index in [1.165, 1.54) is 88.7 Å². The first-order valence-corrected chi connectivity index (χ1v) is 19.9. The zero-order valence-corrected chi connectivity index (χ0v) is 31.0. The van der Waals surface area contributed by atoms with Crippen molar-refractivity contribution >= 4 is 16.5 Å². The second-order valence-electron chi connectivity index (χ2n) is 15.8. The minimum absolute atomic E-state index is 0.269. The van der Waals surface area contributed by atoms with Crippen LogP contribution in [0.25, 0.3) is 72.1 Å². The average molecular weight is 723 g/mol. The number of nitrogens with one attached hydrogen (secondary N) is 1. The Hall–Kier alpha value is -7.29. The van der Waals surface area contributed by atoms with Crippen molar-refractivity contribution in [3.8, 4) is 55.6 Å². The summed E-state index contributed by atoms with van der Waals surface area (Å²) < 4.78 is 0. The van der Waals surface area contributed by atoms with Crippen LogP contribution in [0.3, 0.4) is 0 Å². The van der Waals surface area contributed by atoms with Crippen molar-refractivity contribution in [3.63, 3.8) is 0 Å². The first-order valence-electron chi connectivity index (χ1n) is 19.9. The lowest BCUT2D eigenvalue weighted by molar-refractivity contribution is 0.632. The molecule has 0 aromatic heterocycles. The molecule has 0 saturated carbocycles. The molecule has 9 aromatic rings. The van der Waals surface area contributed by atoms with Gasteiger partial charge < -0.3 is 5.32 Å². The molecule has 4 aliphatic rings. The molecule has 1 aliphatic heterocycles. The fourth-order valence-corrected chi connectivity index (χ4v) is 10.7. The highest BCUT2D eigenvalue weighted by Crippen LogP contribution is 2.65. The minimum Gasteiger partial charge on any atom is -0.359 e. The molecule has 3 aliphatic carbocycles. The molecule has 13 rings (SSSR count). The smallest absolute Gasteiger partial charge is 0.145 e. The van der Waals surface area contributed by atoms with Gasteiger partial charge in [0.15, 0.2) is 0 Å². The first kappa shape index (κ1) is 31.0. The summed E-state index contributed by atoms with van der Waals surface area (Å²) in [5.41, 5.74) is 21.3. The van der Waals surface area contributed by atoms with E-state index in [-0.39, 0.29) is 6.17 Å². The molecule has 1 N–H and O–H groups in total. The molecule has 0 amide bonds. The average Bonchev–Trinajstić information content (AvgIpc) is 3.89. The number of hydrogen-bond donors (Lipinski definition) is 1. The Balaban J connectivity index is 1.03. The van der Waals surface area contributed by atoms with Gasteiger partial charge in [0, 0.05) is 5.22 Å². The summed E-state index contributed by atoms with van der Waals surface area (Å²) in [5.74, 6) is 0. The van der Waals surface area contributed by atoms with Crippen molar-refractivity contribution in [1.82, 2.24) is 5.32 Å². The third-order valence-electron chi connectivity index (χ3n) is 13.1. The molecular weight excluding hydrogens is 689 g/mol. The molecule has 264 valence electrons. The lowest BCUT2D eigenvalue weighted by Crippen LogP contribution is -2.39. The van der Waals surface area contributed by atoms with Gasteiger partial charge in [0.2, 0.25) is 0 Å². The standard InChI is InChI=1S/C55H34N2/c1-2-13-33(14-3-1)34-25-27-35(28-26-34)53-43-19-8-11-24-50(43)56-54(57-53)36-29-30-40-39-17-6-9-22-46(39)55(48(40)31-36)47-23-10-7-18-42(47)52-44-21-12-20-41-37-15-4-5-16-38(37)45(51(41)44)32-49(52)55/h1-32,54,57H. The summed E-state index contributed by atoms with van der Waals surface area (Å²) in [4.78, 5) is 5.40. The molecule has 2 unspecified atom stereocenters. The molecule has 0 fully saturated rings. The lowest BCUT2D eigenvalue weighted by atomic mass is 9.69. The maximum atomic E-state index is 5.40. The maximum absolute atomic E-state index is 5.40. The van der Waals surface area contributed by atoms with Gasteiger partial charge in [0.1, 0.15) is 6.17 Å². The number of benzene rings is 9. The fraction of sp³-hybridized carbons (Fsp3) is 0.0364. The summed E-state index contributed by atoms with van der Waals surface area (Å²) in [6.07, 6.45) is -0.269. The van der Waals surface area contributed by atoms with E-state index in [1.807, 2.05) is 0 Å². The maximum Gasteiger partial charge on any atom is 0.145 e. The lowest BCUT2D eigenvalue weighted by Gasteiger charge is -2.32. The van der Waals surface area contributed by atoms with E-state index >= 15 is 0 Å². The highest BCUT2D eigenvalue weighted by molar-refractivity contribution is 6.21. The van der Waals surface area contributed by atoms with Gasteiger partial charge in [-0.2, -0.15) is 0 Å². The van der Waals surface area contributed by atoms with Crippen LogP contribution in [-0.2, 0) is 5.41 Å². The van der Waals surface area contributed by atoms with Crippen LogP contribution in [0.4, 0.5) is 0 Å². The van der Waals surface area contributed by atoms with Gasteiger partial charge in [-0.25, -0.2) is 0 Å². The molecule has 2 atom stereocenters. The molecule has 0 bridgehead atoms. The van der Waals surface area contributed by atoms with E-state index in [0.29, 0.717) is 0 Å². The van der Waals surface area contributed by atoms with Crippen molar-refractivity contribution in [2.75, 3.05) is 0 Å². The second kappa shape index (κ2) is 11.4. The molecule has 0 saturated heterocycles. The van der Waals surface area contributed by atoms with Gasteiger partial charge in [-0.15, -0.1) is 0 Å². The van der Waals surface area contributed by atoms with Crippen molar-refractivity contribution < 1.29 is 0 Å². The van der Waals surface area contributed by atoms with Crippen LogP contribution in [0.1, 0.15) is 39.5 Å². The normalized spacial score (nSPS) is 17.3. The summed E-state index contributed by atoms with van der Waals surface area (Å²) >= 11 is 0. The van der Waals surface area contributed by atoms with Gasteiger partial charge in [-0.3, -0.25) is 4.99 Å². The largest absolute Gasteiger partial charge is 0.359 e. The van der Waals surface area contributed by atoms with Crippen LogP contribution in [0, 0.1) is 0 Å². The van der Waals surface area contributed by atoms with E-state index in [9.17, 15) is 0 Å². The Labute approximate surface area is 330 Å². The van der Waals surface area contributed by atoms with Crippen molar-refractivity contribution in [1.29, 1.82) is 0 Å². The van der Waals surface area contributed by atoms with Gasteiger partial charge in [0.05, 0.1) is 16.5 Å². The van der Waals surface area contributed by atoms with Crippen LogP contribution < -0.4 is 15.9 Å². The highest BCUT2D eigenvalue weighted by atomic mass is 15.1. The summed E-state index contributed by atoms with van der Waals surface area (Å²) in [7, 11) is 0. The Kier molecular flexibility index (Phi) is 6.18. The van der Waals surface area contributed by atoms with E-state index in [4.69, 9.17) is 4.99 Å². The van der Waals surface area contributed by atoms with E-state index in [2.05, 4.69) is 199 Å². The van der Waals surface area contributed by atoms with Gasteiger partial charge in [-0.1, -0.05) is 176 Å². The molecule has 9 aromatic carbocycles. The van der Waals surface area contributed by atoms with Gasteiger partial charge in [-0.05, 0) is 118 Å². The Bertz CT molecular complexity index is 3320. The van der Waals surface area contributed by atoms with E-state index in [0.717, 1.165) is 27.4 Å². The van der Waals surface area contributed by atoms with Gasteiger partial charge >= 0.3 is 0 Å². The SMILES string of the molecule is c1ccc(-c2ccc(C3=c4ccccc4=NC(c4ccc5c(c4)C4(c6ccccc6-5)c5ccccc5-c5c4cc4c6c(cccc56)-c5ccccc5-4)N3)cc2)cc1. The first-order chi connectivity index (χ1) is 28.3. The molecule has 1 spiro atoms. The Morgan fingerprint density at radius 3 is 1.84 bits per heavy atom. The molecule has 2 heteroatoms. The Morgan fingerprint density at radius 2 is 1.02 bits per heavy atom. The number of fused-ring (bicyclic) bond motifs is 15. The Morgan fingerprint density at radius 1 is 0.404 bits per heavy atom. The molecule has 0 radical (unpaired) electrons.